The van der Waals surface area contributed by atoms with Crippen LogP contribution >= 0.6 is 11.3 Å². The first kappa shape index (κ1) is 16.3. The van der Waals surface area contributed by atoms with E-state index >= 15 is 0 Å². The molecule has 0 aromatic carbocycles. The van der Waals surface area contributed by atoms with Crippen molar-refractivity contribution in [3.63, 3.8) is 0 Å². The van der Waals surface area contributed by atoms with E-state index in [1.807, 2.05) is 0 Å². The van der Waals surface area contributed by atoms with Gasteiger partial charge < -0.3 is 15.0 Å². The van der Waals surface area contributed by atoms with Crippen molar-refractivity contribution in [2.45, 2.75) is 26.2 Å². The highest BCUT2D eigenvalue weighted by Crippen LogP contribution is 2.39. The molecule has 0 radical (unpaired) electrons. The van der Waals surface area contributed by atoms with Gasteiger partial charge in [-0.15, -0.1) is 11.3 Å². The molecule has 1 amide bonds. The number of rotatable bonds is 4. The highest BCUT2D eigenvalue weighted by atomic mass is 32.1. The number of ether oxygens (including phenoxy) is 1. The van der Waals surface area contributed by atoms with Crippen LogP contribution in [0.15, 0.2) is 18.3 Å². The molecule has 0 fully saturated rings. The highest BCUT2D eigenvalue weighted by molar-refractivity contribution is 7.16. The molecule has 7 heteroatoms. The van der Waals surface area contributed by atoms with E-state index in [4.69, 9.17) is 4.74 Å². The van der Waals surface area contributed by atoms with Crippen molar-refractivity contribution in [3.05, 3.63) is 40.0 Å². The normalized spacial score (nSPS) is 16.1. The maximum atomic E-state index is 12.0. The van der Waals surface area contributed by atoms with Gasteiger partial charge in [-0.2, -0.15) is 5.26 Å². The van der Waals surface area contributed by atoms with Crippen molar-refractivity contribution in [2.75, 3.05) is 11.9 Å². The Labute approximate surface area is 143 Å². The summed E-state index contributed by atoms with van der Waals surface area (Å²) in [7, 11) is 0. The zero-order valence-corrected chi connectivity index (χ0v) is 14.0. The molecule has 0 saturated heterocycles. The molecule has 1 atom stereocenters. The number of anilines is 1. The van der Waals surface area contributed by atoms with Crippen LogP contribution in [0.3, 0.4) is 0 Å². The summed E-state index contributed by atoms with van der Waals surface area (Å²) < 4.78 is 4.95. The van der Waals surface area contributed by atoms with Crippen molar-refractivity contribution in [3.8, 4) is 6.07 Å². The quantitative estimate of drug-likeness (QED) is 0.835. The molecule has 6 nitrogen and oxygen atoms in total. The first-order valence-electron chi connectivity index (χ1n) is 7.73. The SMILES string of the molecule is C[C@H]1CCc2c(sc(NC(=O)COC(=O)c3ccc[nH]3)c2C#N)C1. The van der Waals surface area contributed by atoms with Crippen LogP contribution in [0.2, 0.25) is 0 Å². The van der Waals surface area contributed by atoms with Gasteiger partial charge in [0.2, 0.25) is 0 Å². The number of esters is 1. The summed E-state index contributed by atoms with van der Waals surface area (Å²) >= 11 is 1.45. The van der Waals surface area contributed by atoms with E-state index in [1.54, 1.807) is 18.3 Å². The molecule has 2 heterocycles. The third-order valence-corrected chi connectivity index (χ3v) is 5.20. The molecule has 0 aliphatic heterocycles. The van der Waals surface area contributed by atoms with E-state index in [0.29, 0.717) is 22.2 Å². The number of aromatic amines is 1. The number of nitriles is 1. The predicted octanol–water partition coefficient (Wildman–Crippen LogP) is 2.87. The number of fused-ring (bicyclic) bond motifs is 1. The van der Waals surface area contributed by atoms with Crippen molar-refractivity contribution < 1.29 is 14.3 Å². The lowest BCUT2D eigenvalue weighted by atomic mass is 9.89. The second-order valence-corrected chi connectivity index (χ2v) is 6.98. The lowest BCUT2D eigenvalue weighted by Gasteiger charge is -2.17. The van der Waals surface area contributed by atoms with E-state index in [-0.39, 0.29) is 6.61 Å². The van der Waals surface area contributed by atoms with Crippen molar-refractivity contribution in [1.82, 2.24) is 4.98 Å². The molecule has 0 bridgehead atoms. The Bertz CT molecular complexity index is 802. The van der Waals surface area contributed by atoms with Crippen molar-refractivity contribution in [2.24, 2.45) is 5.92 Å². The summed E-state index contributed by atoms with van der Waals surface area (Å²) in [6.07, 6.45) is 4.46. The number of nitrogens with zero attached hydrogens (tertiary/aromatic N) is 1. The molecule has 2 aromatic rings. The average molecular weight is 343 g/mol. The molecule has 2 aromatic heterocycles. The van der Waals surface area contributed by atoms with E-state index in [9.17, 15) is 14.9 Å². The number of nitrogens with one attached hydrogen (secondary N) is 2. The van der Waals surface area contributed by atoms with Gasteiger partial charge in [-0.05, 0) is 42.9 Å². The van der Waals surface area contributed by atoms with Gasteiger partial charge in [-0.25, -0.2) is 4.79 Å². The van der Waals surface area contributed by atoms with Gasteiger partial charge in [0.05, 0.1) is 5.56 Å². The second-order valence-electron chi connectivity index (χ2n) is 5.88. The van der Waals surface area contributed by atoms with E-state index < -0.39 is 11.9 Å². The zero-order chi connectivity index (χ0) is 17.1. The summed E-state index contributed by atoms with van der Waals surface area (Å²) in [5.74, 6) is -0.444. The number of hydrogen-bond donors (Lipinski definition) is 2. The van der Waals surface area contributed by atoms with Crippen LogP contribution in [0.1, 0.15) is 39.8 Å². The summed E-state index contributed by atoms with van der Waals surface area (Å²) in [6.45, 7) is 1.80. The summed E-state index contributed by atoms with van der Waals surface area (Å²) in [5.41, 5.74) is 1.89. The van der Waals surface area contributed by atoms with Crippen LogP contribution in [0.5, 0.6) is 0 Å². The molecule has 0 unspecified atom stereocenters. The third-order valence-electron chi connectivity index (χ3n) is 4.03. The lowest BCUT2D eigenvalue weighted by molar-refractivity contribution is -0.119. The molecule has 2 N–H and O–H groups in total. The van der Waals surface area contributed by atoms with Crippen molar-refractivity contribution >= 4 is 28.2 Å². The topological polar surface area (TPSA) is 95.0 Å². The van der Waals surface area contributed by atoms with Gasteiger partial charge in [0.1, 0.15) is 16.8 Å². The number of thiophene rings is 1. The molecular formula is C17H17N3O3S. The highest BCUT2D eigenvalue weighted by Gasteiger charge is 2.24. The maximum absolute atomic E-state index is 12.0. The minimum Gasteiger partial charge on any atom is -0.451 e. The summed E-state index contributed by atoms with van der Waals surface area (Å²) in [5, 5.41) is 12.7. The minimum absolute atomic E-state index is 0.293. The molecule has 24 heavy (non-hydrogen) atoms. The Morgan fingerprint density at radius 2 is 2.38 bits per heavy atom. The smallest absolute Gasteiger partial charge is 0.355 e. The molecular weight excluding hydrogens is 326 g/mol. The van der Waals surface area contributed by atoms with Crippen LogP contribution in [0, 0.1) is 17.2 Å². The van der Waals surface area contributed by atoms with Crippen molar-refractivity contribution in [1.29, 1.82) is 5.26 Å². The van der Waals surface area contributed by atoms with Crippen LogP contribution in [0.25, 0.3) is 0 Å². The number of amides is 1. The zero-order valence-electron chi connectivity index (χ0n) is 13.2. The Morgan fingerprint density at radius 1 is 1.54 bits per heavy atom. The summed E-state index contributed by atoms with van der Waals surface area (Å²) in [4.78, 5) is 27.6. The number of hydrogen-bond acceptors (Lipinski definition) is 5. The van der Waals surface area contributed by atoms with Gasteiger partial charge in [0.25, 0.3) is 5.91 Å². The van der Waals surface area contributed by atoms with Gasteiger partial charge in [-0.3, -0.25) is 4.79 Å². The van der Waals surface area contributed by atoms with Crippen LogP contribution in [-0.2, 0) is 22.4 Å². The molecule has 1 aliphatic rings. The number of carbonyl (C=O) groups is 2. The van der Waals surface area contributed by atoms with Gasteiger partial charge in [0.15, 0.2) is 6.61 Å². The number of H-pyrrole nitrogens is 1. The molecule has 3 rings (SSSR count). The van der Waals surface area contributed by atoms with Crippen LogP contribution < -0.4 is 5.32 Å². The third kappa shape index (κ3) is 3.34. The fourth-order valence-electron chi connectivity index (χ4n) is 2.79. The van der Waals surface area contributed by atoms with Crippen LogP contribution in [0.4, 0.5) is 5.00 Å². The van der Waals surface area contributed by atoms with E-state index in [2.05, 4.69) is 23.3 Å². The Hall–Kier alpha value is -2.59. The largest absolute Gasteiger partial charge is 0.451 e. The van der Waals surface area contributed by atoms with Gasteiger partial charge >= 0.3 is 5.97 Å². The number of aromatic nitrogens is 1. The maximum Gasteiger partial charge on any atom is 0.355 e. The predicted molar refractivity (Wildman–Crippen MR) is 89.9 cm³/mol. The van der Waals surface area contributed by atoms with Gasteiger partial charge in [0, 0.05) is 11.1 Å². The van der Waals surface area contributed by atoms with Gasteiger partial charge in [-0.1, -0.05) is 6.92 Å². The minimum atomic E-state index is -0.588. The first-order valence-corrected chi connectivity index (χ1v) is 8.55. The Kier molecular flexibility index (Phi) is 4.67. The fourth-order valence-corrected chi connectivity index (χ4v) is 4.16. The Balaban J connectivity index is 1.64. The first-order chi connectivity index (χ1) is 11.6. The Morgan fingerprint density at radius 3 is 3.08 bits per heavy atom. The molecule has 124 valence electrons. The molecule has 0 saturated carbocycles. The summed E-state index contributed by atoms with van der Waals surface area (Å²) in [6, 6.07) is 5.44. The second kappa shape index (κ2) is 6.89. The lowest BCUT2D eigenvalue weighted by Crippen LogP contribution is -2.21. The van der Waals surface area contributed by atoms with E-state index in [0.717, 1.165) is 24.8 Å². The fraction of sp³-hybridized carbons (Fsp3) is 0.353. The monoisotopic (exact) mass is 343 g/mol. The van der Waals surface area contributed by atoms with Crippen LogP contribution in [-0.4, -0.2) is 23.5 Å². The molecule has 1 aliphatic carbocycles. The standard InChI is InChI=1S/C17H17N3O3S/c1-10-4-5-11-12(8-18)16(24-14(11)7-10)20-15(21)9-23-17(22)13-3-2-6-19-13/h2-3,6,10,19H,4-5,7,9H2,1H3,(H,20,21)/t10-/m0/s1. The molecule has 0 spiro atoms. The van der Waals surface area contributed by atoms with E-state index in [1.165, 1.54) is 16.2 Å². The number of carbonyl (C=O) groups excluding carboxylic acids is 2. The average Bonchev–Trinajstić information content (AvgIpc) is 3.19.